The Kier molecular flexibility index (Phi) is 11.4. The molecule has 192 valence electrons. The fraction of sp³-hybridized carbons (Fsp3) is 0.760. The second-order valence-corrected chi connectivity index (χ2v) is 10.1. The average Bonchev–Trinajstić information content (AvgIpc) is 3.34. The molecule has 0 radical (unpaired) electrons. The lowest BCUT2D eigenvalue weighted by atomic mass is 9.83. The number of fused-ring (bicyclic) bond motifs is 1. The standard InChI is InChI=1S/C25H42ClN5O3/c1-6-9-13-20-28-22-21(26)19(29-31(22)30-20)12-11-16-27-24(33)25(4,5)15-14-18(8-3)23(32)34-17-10-7-2/h18,29H,6-17H2,1-5H3,(H,27,33). The van der Waals surface area contributed by atoms with Gasteiger partial charge in [0.15, 0.2) is 11.5 Å². The summed E-state index contributed by atoms with van der Waals surface area (Å²) in [5.74, 6) is 0.495. The number of carbonyl (C=O) groups excluding carboxylic acids is 2. The number of aromatic amines is 1. The number of hydrogen-bond acceptors (Lipinski definition) is 5. The molecule has 2 aromatic rings. The summed E-state index contributed by atoms with van der Waals surface area (Å²) in [5.41, 5.74) is 0.979. The van der Waals surface area contributed by atoms with Crippen LogP contribution in [0.3, 0.4) is 0 Å². The van der Waals surface area contributed by atoms with Gasteiger partial charge in [0, 0.05) is 18.4 Å². The first kappa shape index (κ1) is 28.1. The van der Waals surface area contributed by atoms with E-state index in [0.717, 1.165) is 56.5 Å². The van der Waals surface area contributed by atoms with Gasteiger partial charge in [-0.25, -0.2) is 4.98 Å². The maximum absolute atomic E-state index is 12.8. The van der Waals surface area contributed by atoms with Crippen molar-refractivity contribution in [2.75, 3.05) is 13.2 Å². The molecule has 0 spiro atoms. The molecule has 0 saturated heterocycles. The van der Waals surface area contributed by atoms with Gasteiger partial charge in [-0.3, -0.25) is 14.7 Å². The van der Waals surface area contributed by atoms with Crippen molar-refractivity contribution in [1.29, 1.82) is 0 Å². The van der Waals surface area contributed by atoms with Crippen LogP contribution in [-0.2, 0) is 27.2 Å². The van der Waals surface area contributed by atoms with Gasteiger partial charge in [0.2, 0.25) is 5.91 Å². The van der Waals surface area contributed by atoms with E-state index in [2.05, 4.69) is 34.3 Å². The summed E-state index contributed by atoms with van der Waals surface area (Å²) in [7, 11) is 0. The van der Waals surface area contributed by atoms with E-state index in [-0.39, 0.29) is 17.8 Å². The van der Waals surface area contributed by atoms with Gasteiger partial charge >= 0.3 is 5.97 Å². The van der Waals surface area contributed by atoms with Crippen molar-refractivity contribution < 1.29 is 14.3 Å². The number of esters is 1. The Morgan fingerprint density at radius 2 is 1.88 bits per heavy atom. The Morgan fingerprint density at radius 3 is 2.53 bits per heavy atom. The molecule has 0 bridgehead atoms. The third-order valence-electron chi connectivity index (χ3n) is 6.30. The predicted octanol–water partition coefficient (Wildman–Crippen LogP) is 5.28. The summed E-state index contributed by atoms with van der Waals surface area (Å²) in [6.45, 7) is 11.1. The summed E-state index contributed by atoms with van der Waals surface area (Å²) < 4.78 is 7.01. The Bertz CT molecular complexity index is 921. The molecule has 1 atom stereocenters. The van der Waals surface area contributed by atoms with Crippen LogP contribution in [0.5, 0.6) is 0 Å². The van der Waals surface area contributed by atoms with Crippen molar-refractivity contribution in [3.63, 3.8) is 0 Å². The molecule has 1 unspecified atom stereocenters. The Labute approximate surface area is 208 Å². The van der Waals surface area contributed by atoms with Crippen LogP contribution in [0.1, 0.15) is 97.5 Å². The quantitative estimate of drug-likeness (QED) is 0.244. The summed E-state index contributed by atoms with van der Waals surface area (Å²) in [6, 6.07) is 0. The second kappa shape index (κ2) is 13.7. The summed E-state index contributed by atoms with van der Waals surface area (Å²) in [5, 5.41) is 11.3. The number of nitrogens with zero attached hydrogens (tertiary/aromatic N) is 3. The zero-order valence-corrected chi connectivity index (χ0v) is 22.3. The third-order valence-corrected chi connectivity index (χ3v) is 6.69. The lowest BCUT2D eigenvalue weighted by Gasteiger charge is -2.25. The van der Waals surface area contributed by atoms with Gasteiger partial charge in [0.05, 0.1) is 18.2 Å². The number of aromatic nitrogens is 4. The van der Waals surface area contributed by atoms with Crippen LogP contribution in [-0.4, -0.2) is 44.8 Å². The number of H-pyrrole nitrogens is 1. The molecule has 8 nitrogen and oxygen atoms in total. The first-order valence-electron chi connectivity index (χ1n) is 12.8. The number of amides is 1. The molecule has 2 heterocycles. The van der Waals surface area contributed by atoms with Crippen molar-refractivity contribution >= 4 is 29.1 Å². The topological polar surface area (TPSA) is 101 Å². The molecule has 34 heavy (non-hydrogen) atoms. The number of rotatable bonds is 16. The molecule has 2 rings (SSSR count). The Hall–Kier alpha value is -2.09. The predicted molar refractivity (Wildman–Crippen MR) is 135 cm³/mol. The highest BCUT2D eigenvalue weighted by Gasteiger charge is 2.30. The van der Waals surface area contributed by atoms with Crippen molar-refractivity contribution in [2.24, 2.45) is 11.3 Å². The van der Waals surface area contributed by atoms with Crippen LogP contribution >= 0.6 is 11.6 Å². The number of carbonyl (C=O) groups is 2. The summed E-state index contributed by atoms with van der Waals surface area (Å²) >= 11 is 6.49. The molecule has 2 aromatic heterocycles. The van der Waals surface area contributed by atoms with Gasteiger partial charge in [-0.15, -0.1) is 5.10 Å². The van der Waals surface area contributed by atoms with E-state index in [1.165, 1.54) is 0 Å². The lowest BCUT2D eigenvalue weighted by Crippen LogP contribution is -2.38. The van der Waals surface area contributed by atoms with E-state index < -0.39 is 5.41 Å². The number of aryl methyl sites for hydroxylation is 2. The van der Waals surface area contributed by atoms with E-state index in [4.69, 9.17) is 16.3 Å². The number of ether oxygens (including phenoxy) is 1. The minimum absolute atomic E-state index is 0.00341. The molecule has 0 aliphatic heterocycles. The molecule has 0 aliphatic rings. The smallest absolute Gasteiger partial charge is 0.308 e. The van der Waals surface area contributed by atoms with Gasteiger partial charge in [-0.2, -0.15) is 4.63 Å². The highest BCUT2D eigenvalue weighted by atomic mass is 35.5. The second-order valence-electron chi connectivity index (χ2n) is 9.68. The van der Waals surface area contributed by atoms with Gasteiger partial charge in [-0.1, -0.05) is 59.1 Å². The van der Waals surface area contributed by atoms with Crippen LogP contribution in [0.25, 0.3) is 5.65 Å². The first-order chi connectivity index (χ1) is 16.2. The van der Waals surface area contributed by atoms with E-state index in [1.54, 1.807) is 4.63 Å². The van der Waals surface area contributed by atoms with Gasteiger partial charge in [-0.05, 0) is 44.9 Å². The van der Waals surface area contributed by atoms with Gasteiger partial charge < -0.3 is 10.1 Å². The van der Waals surface area contributed by atoms with Crippen LogP contribution in [0.4, 0.5) is 0 Å². The van der Waals surface area contributed by atoms with E-state index in [9.17, 15) is 9.59 Å². The molecule has 9 heteroatoms. The summed E-state index contributed by atoms with van der Waals surface area (Å²) in [4.78, 5) is 29.6. The van der Waals surface area contributed by atoms with Crippen molar-refractivity contribution in [2.45, 2.75) is 98.8 Å². The number of unbranched alkanes of at least 4 members (excludes halogenated alkanes) is 2. The van der Waals surface area contributed by atoms with E-state index in [1.807, 2.05) is 20.8 Å². The molecule has 0 saturated carbocycles. The molecule has 0 fully saturated rings. The average molecular weight is 496 g/mol. The fourth-order valence-electron chi connectivity index (χ4n) is 3.77. The number of halogens is 1. The van der Waals surface area contributed by atoms with E-state index >= 15 is 0 Å². The molecule has 2 N–H and O–H groups in total. The van der Waals surface area contributed by atoms with Gasteiger partial charge in [0.25, 0.3) is 0 Å². The number of nitrogens with one attached hydrogen (secondary N) is 2. The highest BCUT2D eigenvalue weighted by molar-refractivity contribution is 6.34. The van der Waals surface area contributed by atoms with E-state index in [0.29, 0.717) is 43.1 Å². The molecule has 1 amide bonds. The van der Waals surface area contributed by atoms with Crippen LogP contribution < -0.4 is 5.32 Å². The summed E-state index contributed by atoms with van der Waals surface area (Å²) in [6.07, 6.45) is 8.31. The normalized spacial score (nSPS) is 12.8. The lowest BCUT2D eigenvalue weighted by molar-refractivity contribution is -0.149. The Balaban J connectivity index is 1.77. The van der Waals surface area contributed by atoms with Crippen molar-refractivity contribution in [1.82, 2.24) is 25.1 Å². The van der Waals surface area contributed by atoms with Crippen LogP contribution in [0.2, 0.25) is 5.02 Å². The van der Waals surface area contributed by atoms with Crippen molar-refractivity contribution in [3.8, 4) is 0 Å². The SMILES string of the molecule is CCCCOC(=O)C(CC)CCC(C)(C)C(=O)NCCCc1[nH]n2nc(CCCC)nc2c1Cl. The maximum atomic E-state index is 12.8. The largest absolute Gasteiger partial charge is 0.465 e. The highest BCUT2D eigenvalue weighted by Crippen LogP contribution is 2.27. The first-order valence-corrected chi connectivity index (χ1v) is 13.2. The Morgan fingerprint density at radius 1 is 1.15 bits per heavy atom. The minimum Gasteiger partial charge on any atom is -0.465 e. The van der Waals surface area contributed by atoms with Gasteiger partial charge in [0.1, 0.15) is 5.02 Å². The molecular weight excluding hydrogens is 454 g/mol. The molecule has 0 aliphatic carbocycles. The monoisotopic (exact) mass is 495 g/mol. The van der Waals surface area contributed by atoms with Crippen molar-refractivity contribution in [3.05, 3.63) is 16.5 Å². The number of hydrogen-bond donors (Lipinski definition) is 2. The zero-order chi connectivity index (χ0) is 25.1. The zero-order valence-electron chi connectivity index (χ0n) is 21.5. The van der Waals surface area contributed by atoms with Crippen LogP contribution in [0.15, 0.2) is 0 Å². The van der Waals surface area contributed by atoms with Crippen LogP contribution in [0, 0.1) is 11.3 Å². The minimum atomic E-state index is -0.555. The molecule has 0 aromatic carbocycles. The third kappa shape index (κ3) is 8.00. The fourth-order valence-corrected chi connectivity index (χ4v) is 4.03. The molecular formula is C25H42ClN5O3. The maximum Gasteiger partial charge on any atom is 0.308 e.